The summed E-state index contributed by atoms with van der Waals surface area (Å²) < 4.78 is 4.87. The molecule has 0 radical (unpaired) electrons. The minimum atomic E-state index is -0.525. The van der Waals surface area contributed by atoms with Crippen molar-refractivity contribution in [3.63, 3.8) is 0 Å². The summed E-state index contributed by atoms with van der Waals surface area (Å²) in [7, 11) is 0. The largest absolute Gasteiger partial charge is 0.465 e. The van der Waals surface area contributed by atoms with Crippen LogP contribution >= 0.6 is 11.8 Å². The van der Waals surface area contributed by atoms with E-state index in [9.17, 15) is 19.7 Å². The van der Waals surface area contributed by atoms with Crippen molar-refractivity contribution in [2.75, 3.05) is 36.9 Å². The summed E-state index contributed by atoms with van der Waals surface area (Å²) in [6.07, 6.45) is 0. The third-order valence-electron chi connectivity index (χ3n) is 5.30. The molecule has 0 unspecified atom stereocenters. The van der Waals surface area contributed by atoms with Crippen LogP contribution in [0.25, 0.3) is 0 Å². The molecule has 0 aromatic heterocycles. The molecule has 1 heterocycles. The second kappa shape index (κ2) is 10.5. The number of carbonyl (C=O) groups is 2. The van der Waals surface area contributed by atoms with Gasteiger partial charge in [-0.3, -0.25) is 19.7 Å². The number of piperazine rings is 1. The van der Waals surface area contributed by atoms with Crippen molar-refractivity contribution < 1.29 is 19.2 Å². The monoisotopic (exact) mass is 457 g/mol. The molecule has 1 amide bonds. The predicted molar refractivity (Wildman–Crippen MR) is 124 cm³/mol. The Morgan fingerprint density at radius 1 is 1.22 bits per heavy atom. The van der Waals surface area contributed by atoms with Gasteiger partial charge in [-0.1, -0.05) is 12.1 Å². The van der Waals surface area contributed by atoms with Crippen molar-refractivity contribution in [2.24, 2.45) is 0 Å². The Balaban J connectivity index is 1.71. The van der Waals surface area contributed by atoms with Crippen molar-refractivity contribution in [1.82, 2.24) is 4.90 Å². The molecule has 32 heavy (non-hydrogen) atoms. The standard InChI is InChI=1S/C23H27N3O5S/c1-4-31-22(27)15-32-21-9-8-18(13-20(21)26(29)30)23(28)24-10-11-25(17(3)14-24)19-7-5-6-16(2)12-19/h5-9,12-13,17H,4,10-11,14-15H2,1-3H3/t17-/m1/s1. The Hall–Kier alpha value is -3.07. The van der Waals surface area contributed by atoms with Crippen LogP contribution in [0.2, 0.25) is 0 Å². The van der Waals surface area contributed by atoms with Crippen LogP contribution < -0.4 is 4.90 Å². The molecule has 2 aromatic rings. The summed E-state index contributed by atoms with van der Waals surface area (Å²) >= 11 is 1.03. The number of nitrogens with zero attached hydrogens (tertiary/aromatic N) is 3. The zero-order chi connectivity index (χ0) is 23.3. The van der Waals surface area contributed by atoms with E-state index in [2.05, 4.69) is 36.9 Å². The summed E-state index contributed by atoms with van der Waals surface area (Å²) in [5, 5.41) is 11.6. The third-order valence-corrected chi connectivity index (χ3v) is 6.34. The Bertz CT molecular complexity index is 1010. The molecule has 1 aliphatic heterocycles. The van der Waals surface area contributed by atoms with Crippen LogP contribution in [0, 0.1) is 17.0 Å². The van der Waals surface area contributed by atoms with Gasteiger partial charge in [-0.2, -0.15) is 0 Å². The van der Waals surface area contributed by atoms with E-state index in [-0.39, 0.29) is 35.6 Å². The summed E-state index contributed by atoms with van der Waals surface area (Å²) in [4.78, 5) is 40.0. The number of nitro groups is 1. The number of rotatable bonds is 7. The number of ether oxygens (including phenoxy) is 1. The fourth-order valence-corrected chi connectivity index (χ4v) is 4.57. The smallest absolute Gasteiger partial charge is 0.316 e. The highest BCUT2D eigenvalue weighted by Gasteiger charge is 2.29. The number of amides is 1. The molecule has 170 valence electrons. The number of esters is 1. The summed E-state index contributed by atoms with van der Waals surface area (Å²) in [5.74, 6) is -0.696. The fourth-order valence-electron chi connectivity index (χ4n) is 3.77. The Labute approximate surface area is 191 Å². The van der Waals surface area contributed by atoms with Crippen molar-refractivity contribution in [3.8, 4) is 0 Å². The molecule has 1 fully saturated rings. The molecule has 2 aromatic carbocycles. The minimum Gasteiger partial charge on any atom is -0.465 e. The summed E-state index contributed by atoms with van der Waals surface area (Å²) in [6.45, 7) is 7.82. The van der Waals surface area contributed by atoms with Crippen LogP contribution in [-0.4, -0.2) is 59.7 Å². The fraction of sp³-hybridized carbons (Fsp3) is 0.391. The molecule has 0 aliphatic carbocycles. The highest BCUT2D eigenvalue weighted by atomic mass is 32.2. The molecule has 1 aliphatic rings. The number of aryl methyl sites for hydroxylation is 1. The average molecular weight is 458 g/mol. The molecule has 1 saturated heterocycles. The van der Waals surface area contributed by atoms with Crippen LogP contribution in [-0.2, 0) is 9.53 Å². The first kappa shape index (κ1) is 23.6. The van der Waals surface area contributed by atoms with Gasteiger partial charge in [-0.25, -0.2) is 0 Å². The minimum absolute atomic E-state index is 0.0274. The molecule has 0 spiro atoms. The van der Waals surface area contributed by atoms with Crippen LogP contribution in [0.1, 0.15) is 29.8 Å². The maximum Gasteiger partial charge on any atom is 0.316 e. The molecule has 0 N–H and O–H groups in total. The number of thioether (sulfide) groups is 1. The van der Waals surface area contributed by atoms with Crippen molar-refractivity contribution in [2.45, 2.75) is 31.7 Å². The van der Waals surface area contributed by atoms with Gasteiger partial charge in [0.15, 0.2) is 0 Å². The van der Waals surface area contributed by atoms with E-state index in [1.807, 2.05) is 6.07 Å². The first-order valence-electron chi connectivity index (χ1n) is 10.5. The lowest BCUT2D eigenvalue weighted by molar-refractivity contribution is -0.387. The lowest BCUT2D eigenvalue weighted by Gasteiger charge is -2.41. The van der Waals surface area contributed by atoms with Crippen LogP contribution in [0.4, 0.5) is 11.4 Å². The van der Waals surface area contributed by atoms with Gasteiger partial charge in [-0.15, -0.1) is 11.8 Å². The SMILES string of the molecule is CCOC(=O)CSc1ccc(C(=O)N2CCN(c3cccc(C)c3)[C@H](C)C2)cc1[N+](=O)[O-]. The number of anilines is 1. The van der Waals surface area contributed by atoms with Gasteiger partial charge < -0.3 is 14.5 Å². The molecule has 8 nitrogen and oxygen atoms in total. The van der Waals surface area contributed by atoms with Crippen LogP contribution in [0.15, 0.2) is 47.4 Å². The van der Waals surface area contributed by atoms with E-state index < -0.39 is 10.9 Å². The lowest BCUT2D eigenvalue weighted by atomic mass is 10.1. The van der Waals surface area contributed by atoms with Crippen LogP contribution in [0.5, 0.6) is 0 Å². The summed E-state index contributed by atoms with van der Waals surface area (Å²) in [5.41, 5.74) is 2.40. The van der Waals surface area contributed by atoms with E-state index in [4.69, 9.17) is 4.74 Å². The topological polar surface area (TPSA) is 93.0 Å². The summed E-state index contributed by atoms with van der Waals surface area (Å²) in [6, 6.07) is 12.8. The number of benzene rings is 2. The maximum absolute atomic E-state index is 13.1. The van der Waals surface area contributed by atoms with Crippen LogP contribution in [0.3, 0.4) is 0 Å². The first-order chi connectivity index (χ1) is 15.3. The highest BCUT2D eigenvalue weighted by molar-refractivity contribution is 8.00. The molecular weight excluding hydrogens is 430 g/mol. The molecule has 1 atom stereocenters. The first-order valence-corrected chi connectivity index (χ1v) is 11.5. The predicted octanol–water partition coefficient (Wildman–Crippen LogP) is 3.91. The maximum atomic E-state index is 13.1. The number of nitro benzene ring substituents is 1. The Kier molecular flexibility index (Phi) is 7.74. The van der Waals surface area contributed by atoms with Gasteiger partial charge in [-0.05, 0) is 50.6 Å². The number of hydrogen-bond acceptors (Lipinski definition) is 7. The van der Waals surface area contributed by atoms with Gasteiger partial charge in [0.2, 0.25) is 0 Å². The van der Waals surface area contributed by atoms with Gasteiger partial charge >= 0.3 is 5.97 Å². The molecule has 0 bridgehead atoms. The highest BCUT2D eigenvalue weighted by Crippen LogP contribution is 2.31. The quantitative estimate of drug-likeness (QED) is 0.269. The molecule has 3 rings (SSSR count). The van der Waals surface area contributed by atoms with E-state index in [0.717, 1.165) is 17.4 Å². The van der Waals surface area contributed by atoms with Gasteiger partial charge in [0.25, 0.3) is 11.6 Å². The Morgan fingerprint density at radius 2 is 2.00 bits per heavy atom. The van der Waals surface area contributed by atoms with Gasteiger partial charge in [0, 0.05) is 43.0 Å². The zero-order valence-corrected chi connectivity index (χ0v) is 19.3. The third kappa shape index (κ3) is 5.59. The van der Waals surface area contributed by atoms with E-state index in [1.54, 1.807) is 17.9 Å². The van der Waals surface area contributed by atoms with Crippen molar-refractivity contribution >= 4 is 35.0 Å². The average Bonchev–Trinajstić information content (AvgIpc) is 2.77. The number of carbonyl (C=O) groups excluding carboxylic acids is 2. The number of hydrogen-bond donors (Lipinski definition) is 0. The normalized spacial score (nSPS) is 16.0. The zero-order valence-electron chi connectivity index (χ0n) is 18.4. The van der Waals surface area contributed by atoms with Crippen molar-refractivity contribution in [3.05, 3.63) is 63.7 Å². The molecule has 9 heteroatoms. The van der Waals surface area contributed by atoms with Crippen molar-refractivity contribution in [1.29, 1.82) is 0 Å². The van der Waals surface area contributed by atoms with E-state index >= 15 is 0 Å². The van der Waals surface area contributed by atoms with E-state index in [1.165, 1.54) is 17.7 Å². The Morgan fingerprint density at radius 3 is 2.66 bits per heavy atom. The van der Waals surface area contributed by atoms with Gasteiger partial charge in [0.1, 0.15) is 0 Å². The second-order valence-corrected chi connectivity index (χ2v) is 8.68. The molecular formula is C23H27N3O5S. The molecule has 0 saturated carbocycles. The van der Waals surface area contributed by atoms with E-state index in [0.29, 0.717) is 24.5 Å². The second-order valence-electron chi connectivity index (χ2n) is 7.67. The lowest BCUT2D eigenvalue weighted by Crippen LogP contribution is -2.53. The van der Waals surface area contributed by atoms with Gasteiger partial charge in [0.05, 0.1) is 22.2 Å².